The van der Waals surface area contributed by atoms with Crippen LogP contribution in [-0.2, 0) is 33.4 Å². The van der Waals surface area contributed by atoms with Crippen molar-refractivity contribution in [1.82, 2.24) is 0 Å². The van der Waals surface area contributed by atoms with E-state index in [-0.39, 0.29) is 63.6 Å². The second-order valence-corrected chi connectivity index (χ2v) is 15.2. The lowest BCUT2D eigenvalue weighted by molar-refractivity contribution is -0.252. The van der Waals surface area contributed by atoms with E-state index in [0.717, 1.165) is 38.5 Å². The number of hydrogen-bond acceptors (Lipinski definition) is 7. The van der Waals surface area contributed by atoms with E-state index in [1.54, 1.807) is 0 Å². The number of hydrogen-bond donors (Lipinski definition) is 1. The number of cyclic esters (lactones) is 1. The summed E-state index contributed by atoms with van der Waals surface area (Å²) >= 11 is 0. The van der Waals surface area contributed by atoms with Gasteiger partial charge in [-0.3, -0.25) is 19.2 Å². The highest BCUT2D eigenvalue weighted by molar-refractivity contribution is 5.90. The van der Waals surface area contributed by atoms with Crippen LogP contribution in [0.4, 0.5) is 0 Å². The van der Waals surface area contributed by atoms with Crippen LogP contribution in [0.5, 0.6) is 0 Å². The number of ether oxygens (including phenoxy) is 3. The first kappa shape index (κ1) is 29.4. The van der Waals surface area contributed by atoms with Gasteiger partial charge in [0.05, 0.1) is 0 Å². The molecular weight excluding hydrogens is 512 g/mol. The van der Waals surface area contributed by atoms with Gasteiger partial charge in [-0.05, 0) is 86.4 Å². The van der Waals surface area contributed by atoms with Crippen LogP contribution >= 0.6 is 0 Å². The molecule has 1 aliphatic heterocycles. The second kappa shape index (κ2) is 9.45. The monoisotopic (exact) mass is 560 g/mol. The minimum Gasteiger partial charge on any atom is -0.481 e. The minimum atomic E-state index is -1.17. The van der Waals surface area contributed by atoms with Crippen molar-refractivity contribution in [2.75, 3.05) is 0 Å². The molecule has 10 atom stereocenters. The van der Waals surface area contributed by atoms with Crippen LogP contribution < -0.4 is 0 Å². The van der Waals surface area contributed by atoms with Gasteiger partial charge in [0.15, 0.2) is 0 Å². The van der Waals surface area contributed by atoms with E-state index < -0.39 is 24.0 Å². The Morgan fingerprint density at radius 1 is 0.900 bits per heavy atom. The Morgan fingerprint density at radius 3 is 2.17 bits per heavy atom. The van der Waals surface area contributed by atoms with E-state index in [0.29, 0.717) is 25.2 Å². The molecule has 0 amide bonds. The largest absolute Gasteiger partial charge is 0.481 e. The molecule has 0 spiro atoms. The molecule has 0 aromatic carbocycles. The maximum absolute atomic E-state index is 12.5. The van der Waals surface area contributed by atoms with E-state index in [4.69, 9.17) is 19.3 Å². The summed E-state index contributed by atoms with van der Waals surface area (Å²) < 4.78 is 18.0. The molecule has 0 radical (unpaired) electrons. The van der Waals surface area contributed by atoms with Crippen LogP contribution in [0, 0.1) is 45.3 Å². The molecule has 8 nitrogen and oxygen atoms in total. The zero-order valence-electron chi connectivity index (χ0n) is 25.3. The average Bonchev–Trinajstić information content (AvgIpc) is 3.37. The average molecular weight is 561 g/mol. The Morgan fingerprint density at radius 2 is 1.57 bits per heavy atom. The SMILES string of the molecule is CC(=O)O[C@@H]1C[C@@H]2[C@]3(C)CC[C@H](OC(=O)CC(=O)O)C(C)(C)[C@@H]3CC[C@]2(C)[C@@]2(C)CC[C@@H]([C@]3(C)CCC(=O)O3)[C@H]12. The molecule has 1 heterocycles. The summed E-state index contributed by atoms with van der Waals surface area (Å²) in [5, 5.41) is 9.07. The van der Waals surface area contributed by atoms with Gasteiger partial charge in [-0.15, -0.1) is 0 Å². The molecule has 4 aliphatic carbocycles. The first-order valence-corrected chi connectivity index (χ1v) is 15.3. The number of carbonyl (C=O) groups excluding carboxylic acids is 3. The van der Waals surface area contributed by atoms with Crippen molar-refractivity contribution in [2.24, 2.45) is 45.3 Å². The van der Waals surface area contributed by atoms with Crippen molar-refractivity contribution in [3.63, 3.8) is 0 Å². The van der Waals surface area contributed by atoms with Crippen LogP contribution in [0.15, 0.2) is 0 Å². The molecule has 0 unspecified atom stereocenters. The third-order valence-electron chi connectivity index (χ3n) is 13.1. The van der Waals surface area contributed by atoms with E-state index in [1.807, 2.05) is 0 Å². The van der Waals surface area contributed by atoms with Crippen LogP contribution in [0.3, 0.4) is 0 Å². The summed E-state index contributed by atoms with van der Waals surface area (Å²) in [6.07, 6.45) is 6.32. The van der Waals surface area contributed by atoms with Crippen molar-refractivity contribution in [2.45, 2.75) is 130 Å². The van der Waals surface area contributed by atoms with E-state index >= 15 is 0 Å². The van der Waals surface area contributed by atoms with Gasteiger partial charge in [0, 0.05) is 30.6 Å². The summed E-state index contributed by atoms with van der Waals surface area (Å²) in [5.74, 6) is -1.38. The van der Waals surface area contributed by atoms with Gasteiger partial charge in [-0.25, -0.2) is 0 Å². The van der Waals surface area contributed by atoms with Gasteiger partial charge < -0.3 is 19.3 Å². The van der Waals surface area contributed by atoms with E-state index in [1.165, 1.54) is 6.92 Å². The molecule has 5 aliphatic rings. The van der Waals surface area contributed by atoms with Gasteiger partial charge in [-0.2, -0.15) is 0 Å². The van der Waals surface area contributed by atoms with Crippen molar-refractivity contribution in [3.8, 4) is 0 Å². The van der Waals surface area contributed by atoms with Crippen LogP contribution in [0.2, 0.25) is 0 Å². The molecule has 4 saturated carbocycles. The highest BCUT2D eigenvalue weighted by Crippen LogP contribution is 2.76. The fourth-order valence-corrected chi connectivity index (χ4v) is 11.2. The third-order valence-corrected chi connectivity index (χ3v) is 13.1. The highest BCUT2D eigenvalue weighted by atomic mass is 16.6. The van der Waals surface area contributed by atoms with Crippen molar-refractivity contribution >= 4 is 23.9 Å². The normalized spacial score (nSPS) is 47.3. The predicted molar refractivity (Wildman–Crippen MR) is 146 cm³/mol. The fourth-order valence-electron chi connectivity index (χ4n) is 11.2. The Bertz CT molecular complexity index is 1100. The summed E-state index contributed by atoms with van der Waals surface area (Å²) in [4.78, 5) is 48.2. The number of esters is 3. The quantitative estimate of drug-likeness (QED) is 0.259. The summed E-state index contributed by atoms with van der Waals surface area (Å²) in [6.45, 7) is 15.2. The molecule has 5 fully saturated rings. The Labute approximate surface area is 238 Å². The molecule has 8 heteroatoms. The molecule has 1 N–H and O–H groups in total. The molecule has 224 valence electrons. The third kappa shape index (κ3) is 4.21. The fraction of sp³-hybridized carbons (Fsp3) is 0.875. The summed E-state index contributed by atoms with van der Waals surface area (Å²) in [5.41, 5.74) is -0.971. The predicted octanol–water partition coefficient (Wildman–Crippen LogP) is 5.70. The maximum Gasteiger partial charge on any atom is 0.317 e. The van der Waals surface area contributed by atoms with Gasteiger partial charge in [0.1, 0.15) is 24.2 Å². The molecule has 0 aromatic heterocycles. The molecule has 5 rings (SSSR count). The topological polar surface area (TPSA) is 116 Å². The highest BCUT2D eigenvalue weighted by Gasteiger charge is 2.72. The standard InChI is InChI=1S/C32H48O8/c1-18(33)38-20-16-22-29(4)12-10-23(39-26(37)17-24(34)35)28(2,3)21(29)9-14-30(22,5)31(6)13-8-19(27(20)31)32(7)15-11-25(36)40-32/h19-23,27H,8-17H2,1-7H3,(H,34,35)/t19-,20-,21+,22-,23+,27-,29-,30+,31+,32+/m1/s1. The lowest BCUT2D eigenvalue weighted by atomic mass is 9.35. The Balaban J connectivity index is 1.49. The number of carboxylic acids is 1. The first-order valence-electron chi connectivity index (χ1n) is 15.3. The van der Waals surface area contributed by atoms with E-state index in [2.05, 4.69) is 41.5 Å². The van der Waals surface area contributed by atoms with Gasteiger partial charge in [0.2, 0.25) is 0 Å². The lowest BCUT2D eigenvalue weighted by Crippen LogP contribution is -2.67. The number of fused-ring (bicyclic) bond motifs is 5. The second-order valence-electron chi connectivity index (χ2n) is 15.2. The van der Waals surface area contributed by atoms with Crippen LogP contribution in [-0.4, -0.2) is 46.8 Å². The summed E-state index contributed by atoms with van der Waals surface area (Å²) in [6, 6.07) is 0. The first-order chi connectivity index (χ1) is 18.5. The summed E-state index contributed by atoms with van der Waals surface area (Å²) in [7, 11) is 0. The zero-order valence-corrected chi connectivity index (χ0v) is 25.3. The van der Waals surface area contributed by atoms with Crippen LogP contribution in [0.1, 0.15) is 113 Å². The van der Waals surface area contributed by atoms with Gasteiger partial charge >= 0.3 is 23.9 Å². The Hall–Kier alpha value is -2.12. The van der Waals surface area contributed by atoms with Gasteiger partial charge in [-0.1, -0.05) is 34.6 Å². The molecule has 1 saturated heterocycles. The van der Waals surface area contributed by atoms with Crippen molar-refractivity contribution in [3.05, 3.63) is 0 Å². The number of carbonyl (C=O) groups is 4. The number of aliphatic carboxylic acids is 1. The molecule has 0 bridgehead atoms. The number of carboxylic acid groups (broad SMARTS) is 1. The number of rotatable bonds is 5. The van der Waals surface area contributed by atoms with E-state index in [9.17, 15) is 19.2 Å². The molecule has 0 aromatic rings. The molecule has 40 heavy (non-hydrogen) atoms. The van der Waals surface area contributed by atoms with Crippen molar-refractivity contribution in [1.29, 1.82) is 0 Å². The lowest BCUT2D eigenvalue weighted by Gasteiger charge is -2.70. The Kier molecular flexibility index (Phi) is 6.94. The van der Waals surface area contributed by atoms with Crippen LogP contribution in [0.25, 0.3) is 0 Å². The smallest absolute Gasteiger partial charge is 0.317 e. The maximum atomic E-state index is 12.5. The van der Waals surface area contributed by atoms with Crippen molar-refractivity contribution < 1.29 is 38.5 Å². The minimum absolute atomic E-state index is 0.0101. The zero-order chi connectivity index (χ0) is 29.5. The van der Waals surface area contributed by atoms with Gasteiger partial charge in [0.25, 0.3) is 0 Å². The molecular formula is C32H48O8.